The number of nitrogens with zero attached hydrogens (tertiary/aromatic N) is 2. The molecule has 27 heavy (non-hydrogen) atoms. The molecule has 0 saturated carbocycles. The summed E-state index contributed by atoms with van der Waals surface area (Å²) in [6.07, 6.45) is 0. The maximum atomic E-state index is 13.0. The largest absolute Gasteiger partial charge is 0.462 e. The topological polar surface area (TPSA) is 66.9 Å². The van der Waals surface area contributed by atoms with E-state index in [1.165, 1.54) is 40.7 Å². The number of benzene rings is 2. The Bertz CT molecular complexity index is 890. The molecule has 1 aliphatic rings. The lowest BCUT2D eigenvalue weighted by atomic mass is 10.2. The first kappa shape index (κ1) is 19.3. The molecule has 2 aromatic carbocycles. The zero-order valence-corrected chi connectivity index (χ0v) is 15.8. The number of carbonyl (C=O) groups excluding carboxylic acids is 1. The predicted molar refractivity (Wildman–Crippen MR) is 99.8 cm³/mol. The Kier molecular flexibility index (Phi) is 5.76. The van der Waals surface area contributed by atoms with E-state index in [4.69, 9.17) is 4.74 Å². The number of hydrogen-bond acceptors (Lipinski definition) is 5. The van der Waals surface area contributed by atoms with Crippen LogP contribution in [0.3, 0.4) is 0 Å². The fourth-order valence-electron chi connectivity index (χ4n) is 2.97. The minimum absolute atomic E-state index is 0.144. The third kappa shape index (κ3) is 4.28. The van der Waals surface area contributed by atoms with E-state index in [0.29, 0.717) is 31.7 Å². The van der Waals surface area contributed by atoms with Crippen molar-refractivity contribution in [1.29, 1.82) is 0 Å². The number of ether oxygens (including phenoxy) is 1. The number of sulfonamides is 1. The van der Waals surface area contributed by atoms with Gasteiger partial charge >= 0.3 is 5.97 Å². The van der Waals surface area contributed by atoms with Crippen molar-refractivity contribution in [2.75, 3.05) is 37.7 Å². The quantitative estimate of drug-likeness (QED) is 0.732. The monoisotopic (exact) mass is 392 g/mol. The molecule has 1 saturated heterocycles. The van der Waals surface area contributed by atoms with E-state index in [1.54, 1.807) is 19.1 Å². The van der Waals surface area contributed by atoms with Crippen LogP contribution in [0.25, 0.3) is 0 Å². The molecule has 0 bridgehead atoms. The van der Waals surface area contributed by atoms with Crippen LogP contribution in [0, 0.1) is 5.82 Å². The van der Waals surface area contributed by atoms with Gasteiger partial charge < -0.3 is 9.64 Å². The van der Waals surface area contributed by atoms with E-state index in [2.05, 4.69) is 0 Å². The van der Waals surface area contributed by atoms with E-state index < -0.39 is 16.0 Å². The number of esters is 1. The molecule has 144 valence electrons. The summed E-state index contributed by atoms with van der Waals surface area (Å²) in [5.74, 6) is -0.777. The first-order valence-electron chi connectivity index (χ1n) is 8.69. The van der Waals surface area contributed by atoms with Crippen molar-refractivity contribution in [2.45, 2.75) is 11.8 Å². The lowest BCUT2D eigenvalue weighted by Gasteiger charge is -2.35. The molecule has 3 rings (SSSR count). The predicted octanol–water partition coefficient (Wildman–Crippen LogP) is 2.51. The highest BCUT2D eigenvalue weighted by molar-refractivity contribution is 7.89. The van der Waals surface area contributed by atoms with E-state index in [1.807, 2.05) is 4.90 Å². The normalized spacial score (nSPS) is 15.6. The molecule has 0 radical (unpaired) electrons. The second-order valence-electron chi connectivity index (χ2n) is 6.11. The number of anilines is 1. The zero-order chi connectivity index (χ0) is 19.4. The zero-order valence-electron chi connectivity index (χ0n) is 15.0. The van der Waals surface area contributed by atoms with E-state index in [9.17, 15) is 17.6 Å². The summed E-state index contributed by atoms with van der Waals surface area (Å²) in [6.45, 7) is 3.68. The van der Waals surface area contributed by atoms with Gasteiger partial charge in [-0.1, -0.05) is 0 Å². The van der Waals surface area contributed by atoms with Crippen LogP contribution in [-0.2, 0) is 14.8 Å². The maximum absolute atomic E-state index is 13.0. The van der Waals surface area contributed by atoms with Crippen LogP contribution in [-0.4, -0.2) is 51.5 Å². The van der Waals surface area contributed by atoms with Crippen LogP contribution in [0.4, 0.5) is 10.1 Å². The third-order valence-corrected chi connectivity index (χ3v) is 6.35. The molecule has 1 aliphatic heterocycles. The standard InChI is InChI=1S/C19H21FN2O4S/c1-2-26-19(23)15-3-9-18(10-4-15)27(24,25)22-13-11-21(12-14-22)17-7-5-16(20)6-8-17/h3-10H,2,11-14H2,1H3. The highest BCUT2D eigenvalue weighted by atomic mass is 32.2. The van der Waals surface area contributed by atoms with Gasteiger partial charge in [-0.25, -0.2) is 17.6 Å². The van der Waals surface area contributed by atoms with Crippen LogP contribution in [0.15, 0.2) is 53.4 Å². The molecular formula is C19H21FN2O4S. The fraction of sp³-hybridized carbons (Fsp3) is 0.316. The minimum Gasteiger partial charge on any atom is -0.462 e. The van der Waals surface area contributed by atoms with Gasteiger partial charge in [-0.15, -0.1) is 0 Å². The van der Waals surface area contributed by atoms with Gasteiger partial charge in [0.2, 0.25) is 10.0 Å². The van der Waals surface area contributed by atoms with Gasteiger partial charge in [0.15, 0.2) is 0 Å². The first-order valence-corrected chi connectivity index (χ1v) is 10.1. The van der Waals surface area contributed by atoms with Gasteiger partial charge in [0, 0.05) is 31.9 Å². The van der Waals surface area contributed by atoms with Gasteiger partial charge in [-0.2, -0.15) is 4.31 Å². The molecule has 0 unspecified atom stereocenters. The van der Waals surface area contributed by atoms with Crippen LogP contribution in [0.5, 0.6) is 0 Å². The highest BCUT2D eigenvalue weighted by Crippen LogP contribution is 2.22. The Labute approximate surface area is 158 Å². The Morgan fingerprint density at radius 2 is 1.59 bits per heavy atom. The third-order valence-electron chi connectivity index (χ3n) is 4.43. The molecule has 1 heterocycles. The van der Waals surface area contributed by atoms with Crippen LogP contribution < -0.4 is 4.90 Å². The average molecular weight is 392 g/mol. The molecule has 6 nitrogen and oxygen atoms in total. The molecule has 0 aliphatic carbocycles. The second kappa shape index (κ2) is 8.06. The summed E-state index contributed by atoms with van der Waals surface area (Å²) in [5, 5.41) is 0. The van der Waals surface area contributed by atoms with Crippen LogP contribution >= 0.6 is 0 Å². The van der Waals surface area contributed by atoms with E-state index in [-0.39, 0.29) is 17.3 Å². The van der Waals surface area contributed by atoms with Crippen molar-refractivity contribution in [1.82, 2.24) is 4.31 Å². The summed E-state index contributed by atoms with van der Waals surface area (Å²) < 4.78 is 45.0. The summed E-state index contributed by atoms with van der Waals surface area (Å²) >= 11 is 0. The lowest BCUT2D eigenvalue weighted by molar-refractivity contribution is 0.0526. The number of halogens is 1. The van der Waals surface area contributed by atoms with Gasteiger partial charge in [0.25, 0.3) is 0 Å². The Morgan fingerprint density at radius 3 is 2.15 bits per heavy atom. The van der Waals surface area contributed by atoms with Crippen molar-refractivity contribution in [3.05, 3.63) is 59.9 Å². The summed E-state index contributed by atoms with van der Waals surface area (Å²) in [5.41, 5.74) is 1.18. The molecule has 8 heteroatoms. The summed E-state index contributed by atoms with van der Waals surface area (Å²) in [7, 11) is -3.63. The minimum atomic E-state index is -3.63. The van der Waals surface area contributed by atoms with E-state index in [0.717, 1.165) is 5.69 Å². The molecule has 0 amide bonds. The van der Waals surface area contributed by atoms with Crippen LogP contribution in [0.2, 0.25) is 0 Å². The average Bonchev–Trinajstić information content (AvgIpc) is 2.69. The van der Waals surface area contributed by atoms with E-state index >= 15 is 0 Å². The lowest BCUT2D eigenvalue weighted by Crippen LogP contribution is -2.48. The van der Waals surface area contributed by atoms with Crippen molar-refractivity contribution in [2.24, 2.45) is 0 Å². The number of carbonyl (C=O) groups is 1. The highest BCUT2D eigenvalue weighted by Gasteiger charge is 2.28. The van der Waals surface area contributed by atoms with Gasteiger partial charge in [0.1, 0.15) is 5.82 Å². The molecule has 0 atom stereocenters. The Balaban J connectivity index is 1.67. The Hall–Kier alpha value is -2.45. The number of rotatable bonds is 5. The van der Waals surface area contributed by atoms with Gasteiger partial charge in [0.05, 0.1) is 17.1 Å². The molecule has 2 aromatic rings. The van der Waals surface area contributed by atoms with Gasteiger partial charge in [-0.3, -0.25) is 0 Å². The SMILES string of the molecule is CCOC(=O)c1ccc(S(=O)(=O)N2CCN(c3ccc(F)cc3)CC2)cc1. The van der Waals surface area contributed by atoms with Crippen LogP contribution in [0.1, 0.15) is 17.3 Å². The first-order chi connectivity index (χ1) is 12.9. The van der Waals surface area contributed by atoms with Gasteiger partial charge in [-0.05, 0) is 55.5 Å². The molecular weight excluding hydrogens is 371 g/mol. The molecule has 0 N–H and O–H groups in total. The molecule has 0 spiro atoms. The maximum Gasteiger partial charge on any atom is 0.338 e. The molecule has 0 aromatic heterocycles. The van der Waals surface area contributed by atoms with Crippen molar-refractivity contribution >= 4 is 21.7 Å². The number of hydrogen-bond donors (Lipinski definition) is 0. The Morgan fingerprint density at radius 1 is 1.00 bits per heavy atom. The van der Waals surface area contributed by atoms with Crippen molar-refractivity contribution in [3.8, 4) is 0 Å². The van der Waals surface area contributed by atoms with Crippen molar-refractivity contribution in [3.63, 3.8) is 0 Å². The summed E-state index contributed by atoms with van der Waals surface area (Å²) in [4.78, 5) is 13.9. The molecule has 1 fully saturated rings. The van der Waals surface area contributed by atoms with Crippen molar-refractivity contribution < 1.29 is 22.3 Å². The smallest absolute Gasteiger partial charge is 0.338 e. The number of piperazine rings is 1. The second-order valence-corrected chi connectivity index (χ2v) is 8.05. The summed E-state index contributed by atoms with van der Waals surface area (Å²) in [6, 6.07) is 11.9. The fourth-order valence-corrected chi connectivity index (χ4v) is 4.39.